The quantitative estimate of drug-likeness (QED) is 0.839. The van der Waals surface area contributed by atoms with Crippen LogP contribution in [0.1, 0.15) is 5.82 Å². The normalized spacial score (nSPS) is 10.4. The Morgan fingerprint density at radius 3 is 2.88 bits per heavy atom. The molecule has 1 heterocycles. The Balaban J connectivity index is 2.40. The molecule has 2 N–H and O–H groups in total. The largest absolute Gasteiger partial charge is 0.508 e. The molecule has 0 saturated heterocycles. The van der Waals surface area contributed by atoms with Gasteiger partial charge in [0, 0.05) is 12.6 Å². The zero-order valence-electron chi connectivity index (χ0n) is 9.29. The van der Waals surface area contributed by atoms with E-state index in [0.29, 0.717) is 5.82 Å². The lowest BCUT2D eigenvalue weighted by Crippen LogP contribution is -2.07. The smallest absolute Gasteiger partial charge is 0.311 e. The Hall–Kier alpha value is -2.30. The Morgan fingerprint density at radius 2 is 2.24 bits per heavy atom. The average molecular weight is 232 g/mol. The number of aliphatic carboxylic acids is 1. The predicted molar refractivity (Wildman–Crippen MR) is 61.6 cm³/mol. The van der Waals surface area contributed by atoms with Gasteiger partial charge in [-0.1, -0.05) is 12.1 Å². The Morgan fingerprint density at radius 1 is 1.47 bits per heavy atom. The van der Waals surface area contributed by atoms with Crippen LogP contribution in [-0.2, 0) is 18.3 Å². The van der Waals surface area contributed by atoms with E-state index >= 15 is 0 Å². The molecule has 17 heavy (non-hydrogen) atoms. The van der Waals surface area contributed by atoms with Gasteiger partial charge in [0.2, 0.25) is 0 Å². The molecule has 0 aliphatic heterocycles. The van der Waals surface area contributed by atoms with Gasteiger partial charge in [-0.15, -0.1) is 0 Å². The van der Waals surface area contributed by atoms with E-state index in [9.17, 15) is 9.90 Å². The number of aromatic hydroxyl groups is 1. The number of nitrogens with zero attached hydrogens (tertiary/aromatic N) is 2. The molecule has 0 radical (unpaired) electrons. The first kappa shape index (κ1) is 11.2. The summed E-state index contributed by atoms with van der Waals surface area (Å²) in [5.41, 5.74) is 1.58. The minimum absolute atomic E-state index is 0.116. The molecule has 2 aromatic rings. The molecule has 0 saturated carbocycles. The number of imidazole rings is 1. The van der Waals surface area contributed by atoms with E-state index in [1.54, 1.807) is 36.0 Å². The molecular formula is C12H12N2O3. The van der Waals surface area contributed by atoms with E-state index in [4.69, 9.17) is 5.11 Å². The van der Waals surface area contributed by atoms with Crippen molar-refractivity contribution in [3.8, 4) is 17.0 Å². The van der Waals surface area contributed by atoms with Gasteiger partial charge in [0.15, 0.2) is 0 Å². The molecule has 1 aromatic heterocycles. The van der Waals surface area contributed by atoms with E-state index in [0.717, 1.165) is 11.3 Å². The fourth-order valence-corrected chi connectivity index (χ4v) is 1.68. The third-order valence-corrected chi connectivity index (χ3v) is 2.54. The standard InChI is InChI=1S/C12H12N2O3/c1-14-10(7-13-11(14)6-12(16)17)8-3-2-4-9(15)5-8/h2-5,7,15H,6H2,1H3,(H,16,17). The van der Waals surface area contributed by atoms with Crippen molar-refractivity contribution in [3.63, 3.8) is 0 Å². The van der Waals surface area contributed by atoms with Gasteiger partial charge in [-0.05, 0) is 12.1 Å². The Bertz CT molecular complexity index is 561. The molecule has 88 valence electrons. The number of phenols is 1. The highest BCUT2D eigenvalue weighted by Crippen LogP contribution is 2.23. The van der Waals surface area contributed by atoms with Gasteiger partial charge in [-0.3, -0.25) is 4.79 Å². The van der Waals surface area contributed by atoms with E-state index in [-0.39, 0.29) is 12.2 Å². The van der Waals surface area contributed by atoms with Crippen molar-refractivity contribution < 1.29 is 15.0 Å². The van der Waals surface area contributed by atoms with Crippen molar-refractivity contribution in [2.75, 3.05) is 0 Å². The lowest BCUT2D eigenvalue weighted by molar-refractivity contribution is -0.136. The summed E-state index contributed by atoms with van der Waals surface area (Å²) in [6.07, 6.45) is 1.49. The van der Waals surface area contributed by atoms with Crippen LogP contribution in [0.4, 0.5) is 0 Å². The topological polar surface area (TPSA) is 75.3 Å². The maximum Gasteiger partial charge on any atom is 0.311 e. The van der Waals surface area contributed by atoms with Crippen molar-refractivity contribution in [1.82, 2.24) is 9.55 Å². The number of benzene rings is 1. The van der Waals surface area contributed by atoms with Crippen molar-refractivity contribution in [1.29, 1.82) is 0 Å². The van der Waals surface area contributed by atoms with Crippen LogP contribution in [0, 0.1) is 0 Å². The molecule has 0 unspecified atom stereocenters. The van der Waals surface area contributed by atoms with Crippen LogP contribution in [0.5, 0.6) is 5.75 Å². The summed E-state index contributed by atoms with van der Waals surface area (Å²) in [6, 6.07) is 6.76. The zero-order chi connectivity index (χ0) is 12.4. The first-order chi connectivity index (χ1) is 8.08. The van der Waals surface area contributed by atoms with E-state index in [2.05, 4.69) is 4.98 Å². The van der Waals surface area contributed by atoms with Gasteiger partial charge in [0.1, 0.15) is 18.0 Å². The summed E-state index contributed by atoms with van der Waals surface area (Å²) in [7, 11) is 1.75. The number of carbonyl (C=O) groups is 1. The second kappa shape index (κ2) is 4.29. The molecule has 0 aliphatic rings. The van der Waals surface area contributed by atoms with Crippen molar-refractivity contribution in [2.24, 2.45) is 7.05 Å². The minimum atomic E-state index is -0.916. The molecule has 0 amide bonds. The van der Waals surface area contributed by atoms with Crippen molar-refractivity contribution >= 4 is 5.97 Å². The number of hydrogen-bond acceptors (Lipinski definition) is 3. The van der Waals surface area contributed by atoms with Gasteiger partial charge in [0.25, 0.3) is 0 Å². The van der Waals surface area contributed by atoms with Crippen LogP contribution in [0.25, 0.3) is 11.3 Å². The highest BCUT2D eigenvalue weighted by atomic mass is 16.4. The van der Waals surface area contributed by atoms with Crippen molar-refractivity contribution in [3.05, 3.63) is 36.3 Å². The second-order valence-corrected chi connectivity index (χ2v) is 3.74. The number of carboxylic acid groups (broad SMARTS) is 1. The summed E-state index contributed by atoms with van der Waals surface area (Å²) in [5, 5.41) is 18.1. The van der Waals surface area contributed by atoms with Crippen LogP contribution >= 0.6 is 0 Å². The number of rotatable bonds is 3. The highest BCUT2D eigenvalue weighted by molar-refractivity contribution is 5.70. The Kier molecular flexibility index (Phi) is 2.82. The third kappa shape index (κ3) is 2.28. The lowest BCUT2D eigenvalue weighted by atomic mass is 10.1. The minimum Gasteiger partial charge on any atom is -0.508 e. The zero-order valence-corrected chi connectivity index (χ0v) is 9.29. The van der Waals surface area contributed by atoms with Gasteiger partial charge in [0.05, 0.1) is 11.9 Å². The fraction of sp³-hybridized carbons (Fsp3) is 0.167. The van der Waals surface area contributed by atoms with Crippen molar-refractivity contribution in [2.45, 2.75) is 6.42 Å². The summed E-state index contributed by atoms with van der Waals surface area (Å²) >= 11 is 0. The number of carboxylic acids is 1. The SMILES string of the molecule is Cn1c(-c2cccc(O)c2)cnc1CC(=O)O. The van der Waals surface area contributed by atoms with Crippen LogP contribution in [0.3, 0.4) is 0 Å². The van der Waals surface area contributed by atoms with Crippen LogP contribution in [0.15, 0.2) is 30.5 Å². The molecule has 0 bridgehead atoms. The maximum absolute atomic E-state index is 10.6. The van der Waals surface area contributed by atoms with Crippen LogP contribution in [-0.4, -0.2) is 25.7 Å². The van der Waals surface area contributed by atoms with Crippen LogP contribution in [0.2, 0.25) is 0 Å². The molecule has 0 spiro atoms. The average Bonchev–Trinajstić information content (AvgIpc) is 2.60. The molecule has 1 aromatic carbocycles. The maximum atomic E-state index is 10.6. The summed E-state index contributed by atoms with van der Waals surface area (Å²) in [6.45, 7) is 0. The lowest BCUT2D eigenvalue weighted by Gasteiger charge is -2.05. The molecular weight excluding hydrogens is 220 g/mol. The van der Waals surface area contributed by atoms with Gasteiger partial charge >= 0.3 is 5.97 Å². The first-order valence-corrected chi connectivity index (χ1v) is 5.09. The fourth-order valence-electron chi connectivity index (χ4n) is 1.68. The third-order valence-electron chi connectivity index (χ3n) is 2.54. The Labute approximate surface area is 98.0 Å². The molecule has 0 aliphatic carbocycles. The van der Waals surface area contributed by atoms with E-state index < -0.39 is 5.97 Å². The number of phenolic OH excluding ortho intramolecular Hbond substituents is 1. The molecule has 0 fully saturated rings. The van der Waals surface area contributed by atoms with Crippen LogP contribution < -0.4 is 0 Å². The van der Waals surface area contributed by atoms with Gasteiger partial charge in [-0.25, -0.2) is 4.98 Å². The second-order valence-electron chi connectivity index (χ2n) is 3.74. The first-order valence-electron chi connectivity index (χ1n) is 5.09. The summed E-state index contributed by atoms with van der Waals surface area (Å²) in [5.74, 6) is -0.263. The van der Waals surface area contributed by atoms with E-state index in [1.807, 2.05) is 6.07 Å². The predicted octanol–water partition coefficient (Wildman–Crippen LogP) is 1.42. The molecule has 2 rings (SSSR count). The van der Waals surface area contributed by atoms with Gasteiger partial charge in [-0.2, -0.15) is 0 Å². The highest BCUT2D eigenvalue weighted by Gasteiger charge is 2.11. The summed E-state index contributed by atoms with van der Waals surface area (Å²) in [4.78, 5) is 14.7. The number of hydrogen-bond donors (Lipinski definition) is 2. The van der Waals surface area contributed by atoms with Gasteiger partial charge < -0.3 is 14.8 Å². The molecule has 5 heteroatoms. The molecule has 0 atom stereocenters. The molecule has 5 nitrogen and oxygen atoms in total. The number of aromatic nitrogens is 2. The monoisotopic (exact) mass is 232 g/mol. The van der Waals surface area contributed by atoms with E-state index in [1.165, 1.54) is 0 Å². The summed E-state index contributed by atoms with van der Waals surface area (Å²) < 4.78 is 1.71.